The molecule has 1 aromatic rings. The highest BCUT2D eigenvalue weighted by atomic mass is 19.3. The Hall–Kier alpha value is -1.69. The zero-order valence-corrected chi connectivity index (χ0v) is 8.35. The van der Waals surface area contributed by atoms with E-state index in [1.165, 1.54) is 13.2 Å². The molecule has 0 aromatic heterocycles. The van der Waals surface area contributed by atoms with Crippen LogP contribution in [-0.2, 0) is 4.79 Å². The number of rotatable bonds is 4. The fraction of sp³-hybridized carbons (Fsp3) is 0.300. The number of aliphatic carboxylic acids is 1. The van der Waals surface area contributed by atoms with Crippen LogP contribution in [0.1, 0.15) is 23.7 Å². The monoisotopic (exact) mass is 232 g/mol. The number of benzene rings is 1. The molecular formula is C10H10F2O4. The molecule has 1 unspecified atom stereocenters. The zero-order chi connectivity index (χ0) is 12.3. The molecule has 0 heterocycles. The van der Waals surface area contributed by atoms with E-state index in [4.69, 9.17) is 9.84 Å². The number of halogens is 2. The minimum absolute atomic E-state index is 0.0549. The number of methoxy groups -OCH3 is 1. The van der Waals surface area contributed by atoms with E-state index in [0.29, 0.717) is 0 Å². The summed E-state index contributed by atoms with van der Waals surface area (Å²) in [6.45, 7) is 0. The third kappa shape index (κ3) is 2.46. The van der Waals surface area contributed by atoms with E-state index < -0.39 is 18.5 Å². The second-order valence-electron chi connectivity index (χ2n) is 3.04. The number of aliphatic hydroxyl groups excluding tert-OH is 1. The van der Waals surface area contributed by atoms with Crippen LogP contribution < -0.4 is 4.74 Å². The van der Waals surface area contributed by atoms with Gasteiger partial charge in [-0.1, -0.05) is 0 Å². The summed E-state index contributed by atoms with van der Waals surface area (Å²) in [4.78, 5) is 10.6. The summed E-state index contributed by atoms with van der Waals surface area (Å²) in [5.41, 5.74) is -0.552. The summed E-state index contributed by atoms with van der Waals surface area (Å²) in [5.74, 6) is -1.47. The Morgan fingerprint density at radius 1 is 1.44 bits per heavy atom. The van der Waals surface area contributed by atoms with E-state index in [0.717, 1.165) is 12.1 Å². The van der Waals surface area contributed by atoms with Gasteiger partial charge in [-0.2, -0.15) is 0 Å². The molecule has 1 aromatic carbocycles. The Balaban J connectivity index is 3.21. The second kappa shape index (κ2) is 4.89. The number of carboxylic acid groups (broad SMARTS) is 1. The first-order chi connectivity index (χ1) is 7.47. The third-order valence-corrected chi connectivity index (χ3v) is 2.03. The van der Waals surface area contributed by atoms with Gasteiger partial charge < -0.3 is 14.9 Å². The van der Waals surface area contributed by atoms with Gasteiger partial charge in [-0.15, -0.1) is 0 Å². The molecule has 0 saturated heterocycles. The molecule has 0 amide bonds. The van der Waals surface area contributed by atoms with E-state index in [9.17, 15) is 18.7 Å². The maximum atomic E-state index is 12.4. The molecule has 88 valence electrons. The van der Waals surface area contributed by atoms with Gasteiger partial charge in [0.2, 0.25) is 0 Å². The first kappa shape index (κ1) is 12.4. The molecule has 0 aliphatic heterocycles. The van der Waals surface area contributed by atoms with Crippen LogP contribution >= 0.6 is 0 Å². The van der Waals surface area contributed by atoms with Crippen molar-refractivity contribution in [3.05, 3.63) is 29.3 Å². The van der Waals surface area contributed by atoms with Crippen molar-refractivity contribution in [2.45, 2.75) is 12.5 Å². The smallest absolute Gasteiger partial charge is 0.337 e. The first-order valence-corrected chi connectivity index (χ1v) is 4.34. The lowest BCUT2D eigenvalue weighted by molar-refractivity contribution is -0.147. The molecule has 0 saturated carbocycles. The quantitative estimate of drug-likeness (QED) is 0.829. The fourth-order valence-corrected chi connectivity index (χ4v) is 1.24. The lowest BCUT2D eigenvalue weighted by Crippen LogP contribution is -2.12. The number of hydrogen-bond acceptors (Lipinski definition) is 3. The molecule has 0 aliphatic carbocycles. The van der Waals surface area contributed by atoms with E-state index >= 15 is 0 Å². The molecule has 0 radical (unpaired) electrons. The van der Waals surface area contributed by atoms with Crippen LogP contribution in [0, 0.1) is 0 Å². The Bertz CT molecular complexity index is 392. The highest BCUT2D eigenvalue weighted by Crippen LogP contribution is 2.30. The van der Waals surface area contributed by atoms with Crippen molar-refractivity contribution >= 4 is 5.97 Å². The van der Waals surface area contributed by atoms with Crippen molar-refractivity contribution in [1.29, 1.82) is 0 Å². The summed E-state index contributed by atoms with van der Waals surface area (Å²) in [7, 11) is 1.26. The third-order valence-electron chi connectivity index (χ3n) is 2.03. The van der Waals surface area contributed by atoms with Crippen molar-refractivity contribution in [2.75, 3.05) is 7.11 Å². The van der Waals surface area contributed by atoms with Crippen molar-refractivity contribution in [2.24, 2.45) is 0 Å². The minimum Gasteiger partial charge on any atom is -0.496 e. The van der Waals surface area contributed by atoms with Gasteiger partial charge in [0.05, 0.1) is 7.11 Å². The zero-order valence-electron chi connectivity index (χ0n) is 8.35. The summed E-state index contributed by atoms with van der Waals surface area (Å²) >= 11 is 0. The Labute approximate surface area is 90.1 Å². The predicted octanol–water partition coefficient (Wildman–Crippen LogP) is 1.75. The van der Waals surface area contributed by atoms with Gasteiger partial charge in [0, 0.05) is 11.1 Å². The van der Waals surface area contributed by atoms with Gasteiger partial charge in [-0.05, 0) is 18.2 Å². The van der Waals surface area contributed by atoms with E-state index in [1.54, 1.807) is 0 Å². The van der Waals surface area contributed by atoms with Crippen molar-refractivity contribution in [1.82, 2.24) is 0 Å². The molecule has 1 atom stereocenters. The van der Waals surface area contributed by atoms with Gasteiger partial charge in [0.15, 0.2) is 6.10 Å². The van der Waals surface area contributed by atoms with Gasteiger partial charge >= 0.3 is 5.97 Å². The highest BCUT2D eigenvalue weighted by Gasteiger charge is 2.22. The molecule has 4 nitrogen and oxygen atoms in total. The molecule has 0 aliphatic rings. The maximum absolute atomic E-state index is 12.4. The number of aliphatic hydroxyl groups is 1. The fourth-order valence-electron chi connectivity index (χ4n) is 1.24. The molecule has 0 bridgehead atoms. The average Bonchev–Trinajstić information content (AvgIpc) is 2.26. The Morgan fingerprint density at radius 2 is 2.06 bits per heavy atom. The average molecular weight is 232 g/mol. The van der Waals surface area contributed by atoms with Crippen LogP contribution in [0.2, 0.25) is 0 Å². The lowest BCUT2D eigenvalue weighted by Gasteiger charge is -2.12. The van der Waals surface area contributed by atoms with Gasteiger partial charge in [-0.3, -0.25) is 0 Å². The van der Waals surface area contributed by atoms with E-state index in [-0.39, 0.29) is 16.9 Å². The molecule has 6 heteroatoms. The minimum atomic E-state index is -2.73. The highest BCUT2D eigenvalue weighted by molar-refractivity contribution is 5.75. The predicted molar refractivity (Wildman–Crippen MR) is 50.5 cm³/mol. The Kier molecular flexibility index (Phi) is 3.78. The maximum Gasteiger partial charge on any atom is 0.337 e. The van der Waals surface area contributed by atoms with Crippen LogP contribution in [0.25, 0.3) is 0 Å². The molecule has 1 rings (SSSR count). The van der Waals surface area contributed by atoms with Crippen LogP contribution in [-0.4, -0.2) is 23.3 Å². The summed E-state index contributed by atoms with van der Waals surface area (Å²) < 4.78 is 29.5. The molecule has 0 spiro atoms. The Morgan fingerprint density at radius 3 is 2.50 bits per heavy atom. The second-order valence-corrected chi connectivity index (χ2v) is 3.04. The molecule has 0 fully saturated rings. The number of hydrogen-bond donors (Lipinski definition) is 2. The molecule has 16 heavy (non-hydrogen) atoms. The number of carboxylic acids is 1. The normalized spacial score (nSPS) is 12.6. The molecule has 2 N–H and O–H groups in total. The number of alkyl halides is 2. The van der Waals surface area contributed by atoms with Crippen LogP contribution in [0.4, 0.5) is 8.78 Å². The van der Waals surface area contributed by atoms with Crippen molar-refractivity contribution in [3.8, 4) is 5.75 Å². The van der Waals surface area contributed by atoms with Crippen LogP contribution in [0.15, 0.2) is 18.2 Å². The largest absolute Gasteiger partial charge is 0.496 e. The number of carbonyl (C=O) groups is 1. The van der Waals surface area contributed by atoms with Crippen molar-refractivity contribution in [3.63, 3.8) is 0 Å². The standard InChI is InChI=1S/C10H10F2O4/c1-16-7-3-2-5(9(11)12)4-6(7)8(13)10(14)15/h2-4,8-9,13H,1H3,(H,14,15). The SMILES string of the molecule is COc1ccc(C(F)F)cc1C(O)C(=O)O. The van der Waals surface area contributed by atoms with Crippen LogP contribution in [0.5, 0.6) is 5.75 Å². The lowest BCUT2D eigenvalue weighted by atomic mass is 10.0. The van der Waals surface area contributed by atoms with E-state index in [2.05, 4.69) is 0 Å². The van der Waals surface area contributed by atoms with Crippen LogP contribution in [0.3, 0.4) is 0 Å². The topological polar surface area (TPSA) is 66.8 Å². The summed E-state index contributed by atoms with van der Waals surface area (Å²) in [5, 5.41) is 17.9. The first-order valence-electron chi connectivity index (χ1n) is 4.34. The number of ether oxygens (including phenoxy) is 1. The summed E-state index contributed by atoms with van der Waals surface area (Å²) in [6, 6.07) is 3.23. The van der Waals surface area contributed by atoms with Gasteiger partial charge in [0.25, 0.3) is 6.43 Å². The van der Waals surface area contributed by atoms with Gasteiger partial charge in [0.1, 0.15) is 5.75 Å². The van der Waals surface area contributed by atoms with Crippen molar-refractivity contribution < 1.29 is 28.5 Å². The summed E-state index contributed by atoms with van der Waals surface area (Å²) in [6.07, 6.45) is -4.61. The van der Waals surface area contributed by atoms with E-state index in [1.807, 2.05) is 0 Å². The molecular weight excluding hydrogens is 222 g/mol. The van der Waals surface area contributed by atoms with Gasteiger partial charge in [-0.25, -0.2) is 13.6 Å².